The molecule has 0 unspecified atom stereocenters. The molecular weight excluding hydrogens is 631 g/mol. The predicted molar refractivity (Wildman–Crippen MR) is 221 cm³/mol. The molecule has 2 heteroatoms. The lowest BCUT2D eigenvalue weighted by atomic mass is 9.84. The highest BCUT2D eigenvalue weighted by Crippen LogP contribution is 2.45. The van der Waals surface area contributed by atoms with Gasteiger partial charge >= 0.3 is 0 Å². The molecule has 0 saturated carbocycles. The number of furan rings is 1. The Labute approximate surface area is 301 Å². The fourth-order valence-corrected chi connectivity index (χ4v) is 8.84. The normalized spacial score (nSPS) is 13.5. The third-order valence-corrected chi connectivity index (χ3v) is 11.0. The van der Waals surface area contributed by atoms with Crippen molar-refractivity contribution in [2.45, 2.75) is 12.8 Å². The largest absolute Gasteiger partial charge is 0.455 e. The average molecular weight is 664 g/mol. The molecule has 2 heterocycles. The summed E-state index contributed by atoms with van der Waals surface area (Å²) in [5.74, 6) is 0. The summed E-state index contributed by atoms with van der Waals surface area (Å²) < 4.78 is 8.97. The van der Waals surface area contributed by atoms with Crippen LogP contribution in [0.4, 0.5) is 0 Å². The van der Waals surface area contributed by atoms with Crippen molar-refractivity contribution in [3.05, 3.63) is 182 Å². The summed E-state index contributed by atoms with van der Waals surface area (Å²) in [7, 11) is 0. The third-order valence-electron chi connectivity index (χ3n) is 11.0. The Hall–Kier alpha value is -6.64. The van der Waals surface area contributed by atoms with Crippen LogP contribution in [0.25, 0.3) is 98.8 Å². The van der Waals surface area contributed by atoms with Crippen molar-refractivity contribution >= 4 is 76.6 Å². The molecule has 244 valence electrons. The smallest absolute Gasteiger partial charge is 0.143 e. The highest BCUT2D eigenvalue weighted by molar-refractivity contribution is 6.20. The zero-order valence-electron chi connectivity index (χ0n) is 28.5. The van der Waals surface area contributed by atoms with Crippen molar-refractivity contribution in [1.82, 2.24) is 4.57 Å². The molecule has 2 aromatic heterocycles. The number of nitrogens with zero attached hydrogens (tertiary/aromatic N) is 1. The topological polar surface area (TPSA) is 18.1 Å². The Morgan fingerprint density at radius 1 is 0.442 bits per heavy atom. The molecule has 0 amide bonds. The van der Waals surface area contributed by atoms with E-state index < -0.39 is 0 Å². The van der Waals surface area contributed by atoms with Crippen LogP contribution < -0.4 is 0 Å². The Balaban J connectivity index is 1.12. The van der Waals surface area contributed by atoms with Crippen molar-refractivity contribution < 1.29 is 4.42 Å². The maximum absolute atomic E-state index is 6.48. The zero-order valence-corrected chi connectivity index (χ0v) is 28.5. The predicted octanol–water partition coefficient (Wildman–Crippen LogP) is 14.1. The maximum Gasteiger partial charge on any atom is 0.143 e. The first-order valence-corrected chi connectivity index (χ1v) is 18.2. The summed E-state index contributed by atoms with van der Waals surface area (Å²) in [6, 6.07) is 59.4. The SMILES string of the molecule is C1=C(c2c3ccccc3c(-c3cccc(-c4cccc5c4oc4ccccc45)c3)c3ccccc23)C=C(n2c3ccccc3c3ccccc32)CC1. The second-order valence-electron chi connectivity index (χ2n) is 13.9. The fourth-order valence-electron chi connectivity index (χ4n) is 8.84. The second kappa shape index (κ2) is 11.4. The van der Waals surface area contributed by atoms with Gasteiger partial charge in [0.15, 0.2) is 0 Å². The maximum atomic E-state index is 6.48. The van der Waals surface area contributed by atoms with Crippen molar-refractivity contribution in [2.75, 3.05) is 0 Å². The molecule has 1 aliphatic rings. The molecule has 52 heavy (non-hydrogen) atoms. The minimum atomic E-state index is 0.918. The quantitative estimate of drug-likeness (QED) is 0.171. The number of hydrogen-bond acceptors (Lipinski definition) is 1. The van der Waals surface area contributed by atoms with Gasteiger partial charge in [0.25, 0.3) is 0 Å². The summed E-state index contributed by atoms with van der Waals surface area (Å²) in [4.78, 5) is 0. The molecule has 2 nitrogen and oxygen atoms in total. The summed E-state index contributed by atoms with van der Waals surface area (Å²) in [6.45, 7) is 0. The van der Waals surface area contributed by atoms with Crippen LogP contribution in [0.5, 0.6) is 0 Å². The summed E-state index contributed by atoms with van der Waals surface area (Å²) in [5.41, 5.74) is 13.0. The molecule has 0 aliphatic heterocycles. The molecule has 0 bridgehead atoms. The van der Waals surface area contributed by atoms with Crippen LogP contribution >= 0.6 is 0 Å². The summed E-state index contributed by atoms with van der Waals surface area (Å²) in [6.07, 6.45) is 6.87. The molecule has 0 saturated heterocycles. The van der Waals surface area contributed by atoms with Crippen LogP contribution in [0.1, 0.15) is 18.4 Å². The van der Waals surface area contributed by atoms with Crippen LogP contribution in [0.3, 0.4) is 0 Å². The number of benzene rings is 8. The van der Waals surface area contributed by atoms with Gasteiger partial charge in [0, 0.05) is 32.8 Å². The number of hydrogen-bond donors (Lipinski definition) is 0. The number of fused-ring (bicyclic) bond motifs is 8. The lowest BCUT2D eigenvalue weighted by Gasteiger charge is -2.22. The van der Waals surface area contributed by atoms with Crippen molar-refractivity contribution in [1.29, 1.82) is 0 Å². The van der Waals surface area contributed by atoms with Gasteiger partial charge < -0.3 is 8.98 Å². The van der Waals surface area contributed by atoms with Crippen LogP contribution in [-0.4, -0.2) is 4.57 Å². The van der Waals surface area contributed by atoms with E-state index in [2.05, 4.69) is 174 Å². The van der Waals surface area contributed by atoms with E-state index in [1.54, 1.807) is 0 Å². The van der Waals surface area contributed by atoms with Crippen LogP contribution in [0.2, 0.25) is 0 Å². The minimum Gasteiger partial charge on any atom is -0.455 e. The lowest BCUT2D eigenvalue weighted by molar-refractivity contribution is 0.670. The van der Waals surface area contributed by atoms with Crippen molar-refractivity contribution in [3.8, 4) is 22.3 Å². The third kappa shape index (κ3) is 4.31. The van der Waals surface area contributed by atoms with Gasteiger partial charge in [-0.05, 0) is 92.6 Å². The minimum absolute atomic E-state index is 0.918. The van der Waals surface area contributed by atoms with E-state index in [0.717, 1.165) is 45.9 Å². The Morgan fingerprint density at radius 3 is 1.67 bits per heavy atom. The van der Waals surface area contributed by atoms with Crippen LogP contribution in [0, 0.1) is 0 Å². The summed E-state index contributed by atoms with van der Waals surface area (Å²) in [5, 5.41) is 9.95. The highest BCUT2D eigenvalue weighted by Gasteiger charge is 2.21. The summed E-state index contributed by atoms with van der Waals surface area (Å²) >= 11 is 0. The van der Waals surface area contributed by atoms with Gasteiger partial charge in [-0.15, -0.1) is 0 Å². The number of allylic oxidation sites excluding steroid dienone is 4. The first kappa shape index (κ1) is 29.1. The van der Waals surface area contributed by atoms with Gasteiger partial charge in [0.05, 0.1) is 11.0 Å². The van der Waals surface area contributed by atoms with Crippen molar-refractivity contribution in [2.24, 2.45) is 0 Å². The monoisotopic (exact) mass is 663 g/mol. The molecular formula is C50H33NO. The molecule has 0 N–H and O–H groups in total. The van der Waals surface area contributed by atoms with Gasteiger partial charge in [0.1, 0.15) is 11.2 Å². The van der Waals surface area contributed by atoms with Crippen LogP contribution in [0.15, 0.2) is 180 Å². The van der Waals surface area contributed by atoms with Gasteiger partial charge in [0.2, 0.25) is 0 Å². The molecule has 10 aromatic rings. The van der Waals surface area contributed by atoms with Crippen molar-refractivity contribution in [3.63, 3.8) is 0 Å². The molecule has 11 rings (SSSR count). The van der Waals surface area contributed by atoms with E-state index in [4.69, 9.17) is 4.42 Å². The average Bonchev–Trinajstić information content (AvgIpc) is 3.76. The standard InChI is InChI=1S/C50H33NO/c1-3-23-42-40(21-1)48(33-15-11-14-32(30-33)36-25-13-26-44-39-20-7-10-29-47(39)52-50(36)44)41-22-2-4-24-43(41)49(42)34-16-12-17-35(31-34)51-45-27-8-5-18-37(45)38-19-6-9-28-46(38)51/h1-11,13-16,18-31H,12,17H2. The second-order valence-corrected chi connectivity index (χ2v) is 13.9. The first-order valence-electron chi connectivity index (χ1n) is 18.2. The first-order chi connectivity index (χ1) is 25.8. The molecule has 0 atom stereocenters. The van der Waals surface area contributed by atoms with Gasteiger partial charge in [-0.3, -0.25) is 0 Å². The van der Waals surface area contributed by atoms with Gasteiger partial charge in [-0.25, -0.2) is 0 Å². The van der Waals surface area contributed by atoms with E-state index in [9.17, 15) is 0 Å². The fraction of sp³-hybridized carbons (Fsp3) is 0.0400. The molecule has 1 aliphatic carbocycles. The number of aromatic nitrogens is 1. The van der Waals surface area contributed by atoms with Gasteiger partial charge in [-0.1, -0.05) is 146 Å². The molecule has 0 fully saturated rings. The van der Waals surface area contributed by atoms with E-state index in [1.807, 2.05) is 6.07 Å². The molecule has 0 spiro atoms. The Morgan fingerprint density at radius 2 is 0.981 bits per heavy atom. The Kier molecular flexibility index (Phi) is 6.41. The van der Waals surface area contributed by atoms with Gasteiger partial charge in [-0.2, -0.15) is 0 Å². The van der Waals surface area contributed by atoms with Crippen LogP contribution in [-0.2, 0) is 0 Å². The molecule has 0 radical (unpaired) electrons. The van der Waals surface area contributed by atoms with E-state index in [1.165, 1.54) is 71.3 Å². The van der Waals surface area contributed by atoms with E-state index in [0.29, 0.717) is 0 Å². The number of para-hydroxylation sites is 4. The van der Waals surface area contributed by atoms with E-state index >= 15 is 0 Å². The Bertz CT molecular complexity index is 3020. The zero-order chi connectivity index (χ0) is 34.2. The number of rotatable bonds is 4. The molecule has 8 aromatic carbocycles. The highest BCUT2D eigenvalue weighted by atomic mass is 16.3. The van der Waals surface area contributed by atoms with E-state index in [-0.39, 0.29) is 0 Å². The lowest BCUT2D eigenvalue weighted by Crippen LogP contribution is -2.02.